The molecule has 0 bridgehead atoms. The van der Waals surface area contributed by atoms with Crippen LogP contribution < -0.4 is 15.8 Å². The fraction of sp³-hybridized carbons (Fsp3) is 0.278. The maximum Gasteiger partial charge on any atom is 0.573 e. The van der Waals surface area contributed by atoms with Gasteiger partial charge in [-0.15, -0.1) is 37.1 Å². The fourth-order valence-electron chi connectivity index (χ4n) is 2.23. The first kappa shape index (κ1) is 23.0. The number of methoxy groups -OCH3 is 1. The monoisotopic (exact) mass is 495 g/mol. The number of alkyl halides is 3. The lowest BCUT2D eigenvalue weighted by Crippen LogP contribution is -2.35. The normalized spacial score (nSPS) is 12.8. The SMILES string of the molecule is COC(CNC(N)=NCc1ccc(OC(F)(F)F)cc1)c1ccccc1.I. The molecule has 27 heavy (non-hydrogen) atoms. The van der Waals surface area contributed by atoms with Gasteiger partial charge in [0.25, 0.3) is 0 Å². The third kappa shape index (κ3) is 8.48. The van der Waals surface area contributed by atoms with Crippen LogP contribution in [0.5, 0.6) is 5.75 Å². The van der Waals surface area contributed by atoms with Crippen LogP contribution in [0.25, 0.3) is 0 Å². The van der Waals surface area contributed by atoms with Crippen LogP contribution in [0.2, 0.25) is 0 Å². The molecule has 0 spiro atoms. The molecule has 0 aliphatic heterocycles. The van der Waals surface area contributed by atoms with E-state index in [1.54, 1.807) is 7.11 Å². The Bertz CT molecular complexity index is 710. The summed E-state index contributed by atoms with van der Waals surface area (Å²) >= 11 is 0. The molecule has 0 aromatic heterocycles. The average Bonchev–Trinajstić information content (AvgIpc) is 2.61. The van der Waals surface area contributed by atoms with E-state index in [4.69, 9.17) is 10.5 Å². The van der Waals surface area contributed by atoms with Crippen LogP contribution in [-0.4, -0.2) is 26.0 Å². The van der Waals surface area contributed by atoms with Crippen LogP contribution in [0.1, 0.15) is 17.2 Å². The van der Waals surface area contributed by atoms with Crippen molar-refractivity contribution in [1.82, 2.24) is 5.32 Å². The quantitative estimate of drug-likeness (QED) is 0.347. The summed E-state index contributed by atoms with van der Waals surface area (Å²) in [4.78, 5) is 4.16. The molecule has 0 aliphatic carbocycles. The lowest BCUT2D eigenvalue weighted by Gasteiger charge is -2.16. The number of benzene rings is 2. The summed E-state index contributed by atoms with van der Waals surface area (Å²) in [5.41, 5.74) is 7.54. The second-order valence-electron chi connectivity index (χ2n) is 5.41. The minimum Gasteiger partial charge on any atom is -0.406 e. The molecule has 0 saturated carbocycles. The lowest BCUT2D eigenvalue weighted by atomic mass is 10.1. The van der Waals surface area contributed by atoms with E-state index in [1.807, 2.05) is 30.3 Å². The summed E-state index contributed by atoms with van der Waals surface area (Å²) in [6.45, 7) is 0.669. The number of nitrogens with one attached hydrogen (secondary N) is 1. The zero-order valence-corrected chi connectivity index (χ0v) is 16.9. The molecule has 9 heteroatoms. The van der Waals surface area contributed by atoms with E-state index in [1.165, 1.54) is 24.3 Å². The Kier molecular flexibility index (Phi) is 9.36. The van der Waals surface area contributed by atoms with E-state index in [0.717, 1.165) is 5.56 Å². The molecule has 0 saturated heterocycles. The number of halogens is 4. The van der Waals surface area contributed by atoms with Crippen LogP contribution in [0.15, 0.2) is 59.6 Å². The molecule has 1 atom stereocenters. The molecule has 0 heterocycles. The van der Waals surface area contributed by atoms with Crippen LogP contribution >= 0.6 is 24.0 Å². The minimum atomic E-state index is -4.70. The standard InChI is InChI=1S/C18H20F3N3O2.HI/c1-25-16(14-5-3-2-4-6-14)12-24-17(22)23-11-13-7-9-15(10-8-13)26-18(19,20)21;/h2-10,16H,11-12H2,1H3,(H3,22,23,24);1H. The van der Waals surface area contributed by atoms with Gasteiger partial charge < -0.3 is 20.5 Å². The number of nitrogens with zero attached hydrogens (tertiary/aromatic N) is 1. The number of aliphatic imine (C=N–C) groups is 1. The van der Waals surface area contributed by atoms with Gasteiger partial charge in [-0.1, -0.05) is 42.5 Å². The molecule has 0 amide bonds. The van der Waals surface area contributed by atoms with Gasteiger partial charge in [0.2, 0.25) is 0 Å². The molecule has 0 radical (unpaired) electrons. The van der Waals surface area contributed by atoms with Gasteiger partial charge in [0.1, 0.15) is 5.75 Å². The Hall–Kier alpha value is -2.01. The number of ether oxygens (including phenoxy) is 2. The van der Waals surface area contributed by atoms with Crippen LogP contribution in [0, 0.1) is 0 Å². The average molecular weight is 495 g/mol. The van der Waals surface area contributed by atoms with Crippen molar-refractivity contribution in [3.05, 3.63) is 65.7 Å². The summed E-state index contributed by atoms with van der Waals surface area (Å²) in [5, 5.41) is 2.97. The van der Waals surface area contributed by atoms with E-state index in [-0.39, 0.29) is 48.3 Å². The van der Waals surface area contributed by atoms with Gasteiger partial charge in [-0.25, -0.2) is 4.99 Å². The molecule has 148 valence electrons. The molecule has 2 aromatic carbocycles. The summed E-state index contributed by atoms with van der Waals surface area (Å²) in [6.07, 6.45) is -4.88. The molecule has 5 nitrogen and oxygen atoms in total. The zero-order chi connectivity index (χ0) is 19.0. The van der Waals surface area contributed by atoms with E-state index >= 15 is 0 Å². The van der Waals surface area contributed by atoms with Gasteiger partial charge in [-0.05, 0) is 23.3 Å². The molecular formula is C18H21F3IN3O2. The highest BCUT2D eigenvalue weighted by Crippen LogP contribution is 2.22. The van der Waals surface area contributed by atoms with E-state index < -0.39 is 6.36 Å². The highest BCUT2D eigenvalue weighted by atomic mass is 127. The van der Waals surface area contributed by atoms with Crippen LogP contribution in [0.4, 0.5) is 13.2 Å². The zero-order valence-electron chi connectivity index (χ0n) is 14.6. The Morgan fingerprint density at radius 3 is 2.30 bits per heavy atom. The number of rotatable bonds is 7. The smallest absolute Gasteiger partial charge is 0.406 e. The molecule has 1 unspecified atom stereocenters. The molecular weight excluding hydrogens is 474 g/mol. The van der Waals surface area contributed by atoms with E-state index in [2.05, 4.69) is 15.0 Å². The number of guanidine groups is 1. The van der Waals surface area contributed by atoms with Crippen molar-refractivity contribution in [2.45, 2.75) is 19.0 Å². The molecule has 2 aromatic rings. The van der Waals surface area contributed by atoms with Crippen LogP contribution in [-0.2, 0) is 11.3 Å². The minimum absolute atomic E-state index is 0. The van der Waals surface area contributed by atoms with Crippen molar-refractivity contribution < 1.29 is 22.6 Å². The predicted molar refractivity (Wildman–Crippen MR) is 108 cm³/mol. The Morgan fingerprint density at radius 2 is 1.74 bits per heavy atom. The topological polar surface area (TPSA) is 68.9 Å². The van der Waals surface area contributed by atoms with Gasteiger partial charge >= 0.3 is 6.36 Å². The van der Waals surface area contributed by atoms with Crippen molar-refractivity contribution in [1.29, 1.82) is 0 Å². The van der Waals surface area contributed by atoms with Gasteiger partial charge in [0.15, 0.2) is 5.96 Å². The lowest BCUT2D eigenvalue weighted by molar-refractivity contribution is -0.274. The first-order chi connectivity index (χ1) is 12.4. The first-order valence-corrected chi connectivity index (χ1v) is 7.83. The van der Waals surface area contributed by atoms with Crippen LogP contribution in [0.3, 0.4) is 0 Å². The summed E-state index contributed by atoms with van der Waals surface area (Å²) in [6, 6.07) is 15.1. The second-order valence-corrected chi connectivity index (χ2v) is 5.41. The Labute approximate surface area is 172 Å². The predicted octanol–water partition coefficient (Wildman–Crippen LogP) is 4.00. The Morgan fingerprint density at radius 1 is 1.11 bits per heavy atom. The number of hydrogen-bond donors (Lipinski definition) is 2. The van der Waals surface area contributed by atoms with Crippen molar-refractivity contribution in [3.63, 3.8) is 0 Å². The van der Waals surface area contributed by atoms with Gasteiger partial charge in [-0.2, -0.15) is 0 Å². The summed E-state index contributed by atoms with van der Waals surface area (Å²) < 4.78 is 45.6. The molecule has 3 N–H and O–H groups in total. The Balaban J connectivity index is 0.00000364. The maximum atomic E-state index is 12.1. The van der Waals surface area contributed by atoms with Crippen molar-refractivity contribution >= 4 is 29.9 Å². The second kappa shape index (κ2) is 11.0. The maximum absolute atomic E-state index is 12.1. The van der Waals surface area contributed by atoms with Crippen molar-refractivity contribution in [2.24, 2.45) is 10.7 Å². The van der Waals surface area contributed by atoms with Gasteiger partial charge in [-0.3, -0.25) is 0 Å². The largest absolute Gasteiger partial charge is 0.573 e. The molecule has 0 fully saturated rings. The molecule has 2 rings (SSSR count). The summed E-state index contributed by atoms with van der Waals surface area (Å²) in [7, 11) is 1.61. The first-order valence-electron chi connectivity index (χ1n) is 7.83. The van der Waals surface area contributed by atoms with E-state index in [0.29, 0.717) is 12.1 Å². The van der Waals surface area contributed by atoms with Crippen molar-refractivity contribution in [3.8, 4) is 5.75 Å². The number of hydrogen-bond acceptors (Lipinski definition) is 3. The highest BCUT2D eigenvalue weighted by Gasteiger charge is 2.30. The third-order valence-corrected chi connectivity index (χ3v) is 3.51. The third-order valence-electron chi connectivity index (χ3n) is 3.51. The van der Waals surface area contributed by atoms with Gasteiger partial charge in [0, 0.05) is 13.7 Å². The molecule has 0 aliphatic rings. The van der Waals surface area contributed by atoms with Crippen molar-refractivity contribution in [2.75, 3.05) is 13.7 Å². The highest BCUT2D eigenvalue weighted by molar-refractivity contribution is 14.0. The van der Waals surface area contributed by atoms with Gasteiger partial charge in [0.05, 0.1) is 12.6 Å². The number of nitrogens with two attached hydrogens (primary N) is 1. The fourth-order valence-corrected chi connectivity index (χ4v) is 2.23. The summed E-state index contributed by atoms with van der Waals surface area (Å²) in [5.74, 6) is -0.0549. The van der Waals surface area contributed by atoms with E-state index in [9.17, 15) is 13.2 Å².